The Hall–Kier alpha value is -1.90. The number of anilines is 1. The quantitative estimate of drug-likeness (QED) is 0.736. The Morgan fingerprint density at radius 2 is 1.96 bits per heavy atom. The van der Waals surface area contributed by atoms with Crippen molar-refractivity contribution in [1.82, 2.24) is 14.5 Å². The fourth-order valence-electron chi connectivity index (χ4n) is 3.01. The van der Waals surface area contributed by atoms with E-state index in [1.165, 1.54) is 18.2 Å². The molecule has 1 atom stereocenters. The molecule has 7 nitrogen and oxygen atoms in total. The lowest BCUT2D eigenvalue weighted by Crippen LogP contribution is -2.40. The highest BCUT2D eigenvalue weighted by atomic mass is 35.5. The molecule has 152 valence electrons. The Morgan fingerprint density at radius 1 is 1.29 bits per heavy atom. The average molecular weight is 425 g/mol. The minimum Gasteiger partial charge on any atom is -0.307 e. The van der Waals surface area contributed by atoms with Crippen LogP contribution in [-0.2, 0) is 10.0 Å². The molecule has 1 aliphatic rings. The SMILES string of the molecule is CC(C1CC1)n1nccc1NC(=O)c1ccc(Cl)c(S(=O)(=O)NC(C)(C)C)c1. The van der Waals surface area contributed by atoms with Crippen LogP contribution in [-0.4, -0.2) is 29.6 Å². The van der Waals surface area contributed by atoms with Gasteiger partial charge in [0.15, 0.2) is 0 Å². The van der Waals surface area contributed by atoms with Crippen molar-refractivity contribution in [2.45, 2.75) is 57.0 Å². The molecule has 1 saturated carbocycles. The van der Waals surface area contributed by atoms with Gasteiger partial charge in [-0.3, -0.25) is 4.79 Å². The number of hydrogen-bond acceptors (Lipinski definition) is 4. The third-order valence-electron chi connectivity index (χ3n) is 4.53. The summed E-state index contributed by atoms with van der Waals surface area (Å²) in [5.74, 6) is 0.733. The number of amides is 1. The third kappa shape index (κ3) is 4.74. The van der Waals surface area contributed by atoms with Crippen LogP contribution in [0.25, 0.3) is 0 Å². The minimum absolute atomic E-state index is 0.0562. The summed E-state index contributed by atoms with van der Waals surface area (Å²) in [4.78, 5) is 12.6. The van der Waals surface area contributed by atoms with Gasteiger partial charge in [0, 0.05) is 17.2 Å². The standard InChI is InChI=1S/C19H25ClN4O3S/c1-12(13-5-6-13)24-17(9-10-21-24)22-18(25)14-7-8-15(20)16(11-14)28(26,27)23-19(2,3)4/h7-13,23H,5-6H2,1-4H3,(H,22,25). The zero-order valence-corrected chi connectivity index (χ0v) is 17.9. The second kappa shape index (κ2) is 7.50. The molecule has 0 aliphatic heterocycles. The Kier molecular flexibility index (Phi) is 5.58. The van der Waals surface area contributed by atoms with Crippen LogP contribution in [0.3, 0.4) is 0 Å². The van der Waals surface area contributed by atoms with Crippen LogP contribution in [0.5, 0.6) is 0 Å². The first kappa shape index (κ1) is 20.8. The van der Waals surface area contributed by atoms with Crippen LogP contribution < -0.4 is 10.0 Å². The van der Waals surface area contributed by atoms with E-state index in [2.05, 4.69) is 22.1 Å². The summed E-state index contributed by atoms with van der Waals surface area (Å²) in [5.41, 5.74) is -0.475. The molecule has 0 bridgehead atoms. The van der Waals surface area contributed by atoms with Crippen molar-refractivity contribution in [2.75, 3.05) is 5.32 Å². The van der Waals surface area contributed by atoms with Crippen molar-refractivity contribution in [3.63, 3.8) is 0 Å². The number of carbonyl (C=O) groups excluding carboxylic acids is 1. The summed E-state index contributed by atoms with van der Waals surface area (Å²) in [7, 11) is -3.87. The van der Waals surface area contributed by atoms with Crippen molar-refractivity contribution in [3.8, 4) is 0 Å². The number of aromatic nitrogens is 2. The highest BCUT2D eigenvalue weighted by Gasteiger charge is 2.31. The molecule has 9 heteroatoms. The smallest absolute Gasteiger partial charge is 0.256 e. The van der Waals surface area contributed by atoms with Gasteiger partial charge in [-0.05, 0) is 64.7 Å². The predicted octanol–water partition coefficient (Wildman–Crippen LogP) is 3.84. The Morgan fingerprint density at radius 3 is 2.57 bits per heavy atom. The van der Waals surface area contributed by atoms with Crippen LogP contribution in [0.1, 0.15) is 56.9 Å². The van der Waals surface area contributed by atoms with Crippen LogP contribution in [0, 0.1) is 5.92 Å². The normalized spacial score (nSPS) is 16.0. The molecule has 1 fully saturated rings. The van der Waals surface area contributed by atoms with Gasteiger partial charge in [0.25, 0.3) is 5.91 Å². The number of benzene rings is 1. The highest BCUT2D eigenvalue weighted by Crippen LogP contribution is 2.40. The lowest BCUT2D eigenvalue weighted by Gasteiger charge is -2.21. The van der Waals surface area contributed by atoms with E-state index in [4.69, 9.17) is 11.6 Å². The van der Waals surface area contributed by atoms with Crippen LogP contribution in [0.15, 0.2) is 35.4 Å². The summed E-state index contributed by atoms with van der Waals surface area (Å²) in [6.07, 6.45) is 3.96. The molecular formula is C19H25ClN4O3S. The van der Waals surface area contributed by atoms with Crippen LogP contribution >= 0.6 is 11.6 Å². The van der Waals surface area contributed by atoms with Crippen molar-refractivity contribution in [3.05, 3.63) is 41.0 Å². The van der Waals surface area contributed by atoms with Gasteiger partial charge in [0.05, 0.1) is 17.3 Å². The van der Waals surface area contributed by atoms with Crippen LogP contribution in [0.4, 0.5) is 5.82 Å². The largest absolute Gasteiger partial charge is 0.307 e. The molecule has 0 radical (unpaired) electrons. The van der Waals surface area contributed by atoms with E-state index < -0.39 is 21.5 Å². The Labute approximate surface area is 170 Å². The average Bonchev–Trinajstić information content (AvgIpc) is 3.32. The number of carbonyl (C=O) groups is 1. The van der Waals surface area contributed by atoms with Gasteiger partial charge in [-0.1, -0.05) is 11.6 Å². The summed E-state index contributed by atoms with van der Waals surface area (Å²) < 4.78 is 29.6. The van der Waals surface area contributed by atoms with Gasteiger partial charge in [0.2, 0.25) is 10.0 Å². The molecule has 2 aromatic rings. The zero-order valence-electron chi connectivity index (χ0n) is 16.4. The van der Waals surface area contributed by atoms with E-state index in [1.807, 2.05) is 0 Å². The molecule has 0 spiro atoms. The second-order valence-corrected chi connectivity index (χ2v) is 10.3. The monoisotopic (exact) mass is 424 g/mol. The Bertz CT molecular complexity index is 991. The Balaban J connectivity index is 1.85. The van der Waals surface area contributed by atoms with Crippen molar-refractivity contribution in [2.24, 2.45) is 5.92 Å². The van der Waals surface area contributed by atoms with E-state index in [0.29, 0.717) is 11.7 Å². The zero-order chi connectivity index (χ0) is 20.7. The molecule has 3 rings (SSSR count). The highest BCUT2D eigenvalue weighted by molar-refractivity contribution is 7.89. The number of rotatable bonds is 6. The fourth-order valence-corrected chi connectivity index (χ4v) is 4.96. The molecule has 0 saturated heterocycles. The molecule has 1 heterocycles. The van der Waals surface area contributed by atoms with Crippen LogP contribution in [0.2, 0.25) is 5.02 Å². The maximum Gasteiger partial charge on any atom is 0.256 e. The van der Waals surface area contributed by atoms with Gasteiger partial charge in [-0.25, -0.2) is 17.8 Å². The first-order valence-electron chi connectivity index (χ1n) is 9.16. The molecule has 1 aromatic carbocycles. The maximum absolute atomic E-state index is 12.7. The maximum atomic E-state index is 12.7. The van der Waals surface area contributed by atoms with Gasteiger partial charge in [-0.15, -0.1) is 0 Å². The molecule has 1 aromatic heterocycles. The minimum atomic E-state index is -3.87. The summed E-state index contributed by atoms with van der Waals surface area (Å²) in [6.45, 7) is 7.27. The second-order valence-electron chi connectivity index (χ2n) is 8.19. The van der Waals surface area contributed by atoms with Gasteiger partial charge < -0.3 is 5.32 Å². The van der Waals surface area contributed by atoms with Crippen molar-refractivity contribution < 1.29 is 13.2 Å². The van der Waals surface area contributed by atoms with Crippen molar-refractivity contribution >= 4 is 33.3 Å². The van der Waals surface area contributed by atoms with E-state index in [0.717, 1.165) is 12.8 Å². The predicted molar refractivity (Wildman–Crippen MR) is 109 cm³/mol. The number of hydrogen-bond donors (Lipinski definition) is 2. The van der Waals surface area contributed by atoms with E-state index in [1.54, 1.807) is 37.7 Å². The molecule has 28 heavy (non-hydrogen) atoms. The van der Waals surface area contributed by atoms with E-state index in [-0.39, 0.29) is 21.5 Å². The fraction of sp³-hybridized carbons (Fsp3) is 0.474. The molecule has 1 unspecified atom stereocenters. The lowest BCUT2D eigenvalue weighted by molar-refractivity contribution is 0.102. The van der Waals surface area contributed by atoms with E-state index >= 15 is 0 Å². The van der Waals surface area contributed by atoms with Crippen molar-refractivity contribution in [1.29, 1.82) is 0 Å². The number of sulfonamides is 1. The molecular weight excluding hydrogens is 400 g/mol. The number of halogens is 1. The summed E-state index contributed by atoms with van der Waals surface area (Å²) in [5, 5.41) is 7.19. The topological polar surface area (TPSA) is 93.1 Å². The lowest BCUT2D eigenvalue weighted by atomic mass is 10.1. The molecule has 2 N–H and O–H groups in total. The van der Waals surface area contributed by atoms with Gasteiger partial charge in [-0.2, -0.15) is 5.10 Å². The number of nitrogens with one attached hydrogen (secondary N) is 2. The molecule has 1 aliphatic carbocycles. The summed E-state index contributed by atoms with van der Waals surface area (Å²) >= 11 is 6.10. The first-order chi connectivity index (χ1) is 13.0. The van der Waals surface area contributed by atoms with Gasteiger partial charge >= 0.3 is 0 Å². The number of nitrogens with zero attached hydrogens (tertiary/aromatic N) is 2. The first-order valence-corrected chi connectivity index (χ1v) is 11.0. The third-order valence-corrected chi connectivity index (χ3v) is 6.76. The van der Waals surface area contributed by atoms with Gasteiger partial charge in [0.1, 0.15) is 10.7 Å². The summed E-state index contributed by atoms with van der Waals surface area (Å²) in [6, 6.07) is 6.13. The van der Waals surface area contributed by atoms with E-state index in [9.17, 15) is 13.2 Å². The molecule has 1 amide bonds.